The number of amides is 2. The minimum Gasteiger partial charge on any atom is -0.490 e. The molecular formula is C14H18N2O5. The van der Waals surface area contributed by atoms with Gasteiger partial charge in [0.25, 0.3) is 5.91 Å². The van der Waals surface area contributed by atoms with Crippen molar-refractivity contribution in [3.05, 3.63) is 17.7 Å². The zero-order chi connectivity index (χ0) is 15.4. The molecule has 0 atom stereocenters. The Bertz CT molecular complexity index is 559. The maximum atomic E-state index is 12.0. The Labute approximate surface area is 122 Å². The highest BCUT2D eigenvalue weighted by molar-refractivity contribution is 6.02. The van der Waals surface area contributed by atoms with E-state index < -0.39 is 0 Å². The molecule has 1 aromatic carbocycles. The van der Waals surface area contributed by atoms with Gasteiger partial charge in [-0.05, 0) is 24.6 Å². The largest absolute Gasteiger partial charge is 0.490 e. The second-order valence-corrected chi connectivity index (χ2v) is 4.48. The van der Waals surface area contributed by atoms with E-state index in [0.29, 0.717) is 29.4 Å². The molecule has 1 heterocycles. The van der Waals surface area contributed by atoms with Gasteiger partial charge >= 0.3 is 0 Å². The van der Waals surface area contributed by atoms with Gasteiger partial charge in [0.1, 0.15) is 6.54 Å². The van der Waals surface area contributed by atoms with Gasteiger partial charge in [-0.15, -0.1) is 0 Å². The molecule has 1 aliphatic heterocycles. The zero-order valence-corrected chi connectivity index (χ0v) is 12.0. The Morgan fingerprint density at radius 3 is 2.90 bits per heavy atom. The first-order chi connectivity index (χ1) is 10.1. The van der Waals surface area contributed by atoms with Gasteiger partial charge < -0.3 is 19.9 Å². The van der Waals surface area contributed by atoms with E-state index in [1.54, 1.807) is 12.1 Å². The monoisotopic (exact) mass is 294 g/mol. The number of aliphatic hydroxyl groups excluding tert-OH is 1. The SMILES string of the molecule is CCOc1cc(CO)cc2c1OCC(=O)N2CC(=O)NC. The summed E-state index contributed by atoms with van der Waals surface area (Å²) in [5.41, 5.74) is 1.02. The minimum atomic E-state index is -0.316. The van der Waals surface area contributed by atoms with Gasteiger partial charge in [-0.25, -0.2) is 0 Å². The molecule has 0 aromatic heterocycles. The number of likely N-dealkylation sites (N-methyl/N-ethyl adjacent to an activating group) is 1. The quantitative estimate of drug-likeness (QED) is 0.801. The number of hydrogen-bond acceptors (Lipinski definition) is 5. The molecule has 0 radical (unpaired) electrons. The normalized spacial score (nSPS) is 13.5. The lowest BCUT2D eigenvalue weighted by Crippen LogP contribution is -2.44. The van der Waals surface area contributed by atoms with E-state index in [1.807, 2.05) is 6.92 Å². The van der Waals surface area contributed by atoms with Gasteiger partial charge in [-0.1, -0.05) is 0 Å². The van der Waals surface area contributed by atoms with Crippen LogP contribution in [0.2, 0.25) is 0 Å². The molecule has 0 bridgehead atoms. The number of carbonyl (C=O) groups is 2. The van der Waals surface area contributed by atoms with Crippen molar-refractivity contribution in [1.29, 1.82) is 0 Å². The van der Waals surface area contributed by atoms with Crippen LogP contribution in [0.5, 0.6) is 11.5 Å². The Hall–Kier alpha value is -2.28. The van der Waals surface area contributed by atoms with Crippen LogP contribution in [0.4, 0.5) is 5.69 Å². The van der Waals surface area contributed by atoms with Crippen molar-refractivity contribution < 1.29 is 24.2 Å². The van der Waals surface area contributed by atoms with E-state index in [1.165, 1.54) is 11.9 Å². The highest BCUT2D eigenvalue weighted by atomic mass is 16.5. The number of hydrogen-bond donors (Lipinski definition) is 2. The molecule has 0 fully saturated rings. The summed E-state index contributed by atoms with van der Waals surface area (Å²) in [6, 6.07) is 3.29. The van der Waals surface area contributed by atoms with Crippen molar-refractivity contribution in [3.63, 3.8) is 0 Å². The van der Waals surface area contributed by atoms with E-state index in [0.717, 1.165) is 0 Å². The fourth-order valence-electron chi connectivity index (χ4n) is 2.08. The smallest absolute Gasteiger partial charge is 0.265 e. The van der Waals surface area contributed by atoms with E-state index in [-0.39, 0.29) is 31.6 Å². The molecule has 2 rings (SSSR count). The summed E-state index contributed by atoms with van der Waals surface area (Å²) in [6.45, 7) is 1.80. The van der Waals surface area contributed by atoms with Crippen molar-refractivity contribution in [2.24, 2.45) is 0 Å². The third kappa shape index (κ3) is 3.08. The van der Waals surface area contributed by atoms with Crippen LogP contribution in [0.1, 0.15) is 12.5 Å². The van der Waals surface area contributed by atoms with E-state index in [4.69, 9.17) is 9.47 Å². The van der Waals surface area contributed by atoms with Crippen LogP contribution in [0.3, 0.4) is 0 Å². The summed E-state index contributed by atoms with van der Waals surface area (Å²) in [6.07, 6.45) is 0. The number of nitrogens with one attached hydrogen (secondary N) is 1. The number of benzene rings is 1. The molecule has 114 valence electrons. The van der Waals surface area contributed by atoms with Gasteiger partial charge in [-0.2, -0.15) is 0 Å². The van der Waals surface area contributed by atoms with Crippen molar-refractivity contribution >= 4 is 17.5 Å². The van der Waals surface area contributed by atoms with Crippen LogP contribution in [0.15, 0.2) is 12.1 Å². The Kier molecular flexibility index (Phi) is 4.64. The van der Waals surface area contributed by atoms with Crippen LogP contribution >= 0.6 is 0 Å². The summed E-state index contributed by atoms with van der Waals surface area (Å²) < 4.78 is 10.9. The molecule has 21 heavy (non-hydrogen) atoms. The summed E-state index contributed by atoms with van der Waals surface area (Å²) in [4.78, 5) is 24.9. The molecule has 1 aliphatic rings. The molecule has 7 nitrogen and oxygen atoms in total. The Balaban J connectivity index is 2.47. The second-order valence-electron chi connectivity index (χ2n) is 4.48. The summed E-state index contributed by atoms with van der Waals surface area (Å²) in [5.74, 6) is 0.262. The van der Waals surface area contributed by atoms with Gasteiger partial charge in [-0.3, -0.25) is 14.5 Å². The van der Waals surface area contributed by atoms with Crippen LogP contribution in [-0.2, 0) is 16.2 Å². The van der Waals surface area contributed by atoms with Crippen molar-refractivity contribution in [1.82, 2.24) is 5.32 Å². The van der Waals surface area contributed by atoms with E-state index in [2.05, 4.69) is 5.32 Å². The average Bonchev–Trinajstić information content (AvgIpc) is 2.49. The van der Waals surface area contributed by atoms with Crippen LogP contribution < -0.4 is 19.7 Å². The maximum absolute atomic E-state index is 12.0. The maximum Gasteiger partial charge on any atom is 0.265 e. The molecule has 0 aliphatic carbocycles. The zero-order valence-electron chi connectivity index (χ0n) is 12.0. The first kappa shape index (κ1) is 15.1. The Morgan fingerprint density at radius 1 is 1.52 bits per heavy atom. The van der Waals surface area contributed by atoms with Crippen LogP contribution in [0.25, 0.3) is 0 Å². The standard InChI is InChI=1S/C14H18N2O5/c1-3-20-11-5-9(7-17)4-10-14(11)21-8-13(19)16(10)6-12(18)15-2/h4-5,17H,3,6-8H2,1-2H3,(H,15,18). The predicted octanol–water partition coefficient (Wildman–Crippen LogP) is 0.0490. The van der Waals surface area contributed by atoms with Crippen molar-refractivity contribution in [2.45, 2.75) is 13.5 Å². The molecule has 0 saturated carbocycles. The fraction of sp³-hybridized carbons (Fsp3) is 0.429. The summed E-state index contributed by atoms with van der Waals surface area (Å²) in [5, 5.41) is 11.8. The van der Waals surface area contributed by atoms with E-state index in [9.17, 15) is 14.7 Å². The number of anilines is 1. The molecule has 0 saturated heterocycles. The van der Waals surface area contributed by atoms with Gasteiger partial charge in [0, 0.05) is 7.05 Å². The highest BCUT2D eigenvalue weighted by Gasteiger charge is 2.30. The number of nitrogens with zero attached hydrogens (tertiary/aromatic N) is 1. The predicted molar refractivity (Wildman–Crippen MR) is 75.4 cm³/mol. The summed E-state index contributed by atoms with van der Waals surface area (Å²) in [7, 11) is 1.50. The number of fused-ring (bicyclic) bond motifs is 1. The van der Waals surface area contributed by atoms with E-state index >= 15 is 0 Å². The number of rotatable bonds is 5. The number of carbonyl (C=O) groups excluding carboxylic acids is 2. The molecule has 0 unspecified atom stereocenters. The van der Waals surface area contributed by atoms with Crippen LogP contribution in [-0.4, -0.2) is 43.7 Å². The van der Waals surface area contributed by atoms with Crippen LogP contribution in [0, 0.1) is 0 Å². The molecule has 2 amide bonds. The van der Waals surface area contributed by atoms with Crippen molar-refractivity contribution in [3.8, 4) is 11.5 Å². The lowest BCUT2D eigenvalue weighted by molar-refractivity contribution is -0.125. The second kappa shape index (κ2) is 6.45. The third-order valence-corrected chi connectivity index (χ3v) is 3.09. The molecule has 1 aromatic rings. The van der Waals surface area contributed by atoms with Gasteiger partial charge in [0.15, 0.2) is 18.1 Å². The first-order valence-electron chi connectivity index (χ1n) is 6.65. The molecule has 2 N–H and O–H groups in total. The van der Waals surface area contributed by atoms with Gasteiger partial charge in [0.05, 0.1) is 18.9 Å². The fourth-order valence-corrected chi connectivity index (χ4v) is 2.08. The number of aliphatic hydroxyl groups is 1. The average molecular weight is 294 g/mol. The third-order valence-electron chi connectivity index (χ3n) is 3.09. The lowest BCUT2D eigenvalue weighted by atomic mass is 10.1. The lowest BCUT2D eigenvalue weighted by Gasteiger charge is -2.30. The topological polar surface area (TPSA) is 88.1 Å². The molecule has 7 heteroatoms. The van der Waals surface area contributed by atoms with Gasteiger partial charge in [0.2, 0.25) is 5.91 Å². The summed E-state index contributed by atoms with van der Waals surface area (Å²) >= 11 is 0. The highest BCUT2D eigenvalue weighted by Crippen LogP contribution is 2.41. The molecular weight excluding hydrogens is 276 g/mol. The first-order valence-corrected chi connectivity index (χ1v) is 6.65. The van der Waals surface area contributed by atoms with Crippen molar-refractivity contribution in [2.75, 3.05) is 31.7 Å². The molecule has 0 spiro atoms. The Morgan fingerprint density at radius 2 is 2.29 bits per heavy atom. The number of ether oxygens (including phenoxy) is 2. The minimum absolute atomic E-state index is 0.105.